The van der Waals surface area contributed by atoms with Crippen LogP contribution in [0.4, 0.5) is 0 Å². The van der Waals surface area contributed by atoms with E-state index in [1.807, 2.05) is 23.5 Å². The highest BCUT2D eigenvalue weighted by Gasteiger charge is 2.24. The first-order valence-corrected chi connectivity index (χ1v) is 12.4. The molecule has 1 fully saturated rings. The van der Waals surface area contributed by atoms with E-state index in [0.29, 0.717) is 11.8 Å². The molecule has 1 aliphatic heterocycles. The molecule has 0 saturated carbocycles. The smallest absolute Gasteiger partial charge is 0.414 e. The molecule has 16 nitrogen and oxygen atoms in total. The zero-order valence-electron chi connectivity index (χ0n) is 21.7. The number of aliphatic carboxylic acids is 6. The van der Waals surface area contributed by atoms with E-state index >= 15 is 0 Å². The van der Waals surface area contributed by atoms with E-state index in [1.54, 1.807) is 12.1 Å². The Morgan fingerprint density at radius 2 is 1.20 bits per heavy atom. The summed E-state index contributed by atoms with van der Waals surface area (Å²) in [4.78, 5) is 61.0. The minimum atomic E-state index is -1.82. The van der Waals surface area contributed by atoms with E-state index in [0.717, 1.165) is 39.3 Å². The van der Waals surface area contributed by atoms with Gasteiger partial charge in [-0.05, 0) is 36.2 Å². The van der Waals surface area contributed by atoms with Crippen LogP contribution in [0.5, 0.6) is 5.75 Å². The van der Waals surface area contributed by atoms with E-state index in [2.05, 4.69) is 39.7 Å². The van der Waals surface area contributed by atoms with Gasteiger partial charge in [0.2, 0.25) is 0 Å². The van der Waals surface area contributed by atoms with E-state index in [4.69, 9.17) is 59.4 Å². The maximum absolute atomic E-state index is 9.36. The Kier molecular flexibility index (Phi) is 17.3. The molecule has 0 amide bonds. The first-order chi connectivity index (χ1) is 19.1. The lowest BCUT2D eigenvalue weighted by molar-refractivity contribution is -0.159. The van der Waals surface area contributed by atoms with Gasteiger partial charge in [0.1, 0.15) is 5.75 Å². The second-order valence-corrected chi connectivity index (χ2v) is 8.98. The molecule has 8 N–H and O–H groups in total. The van der Waals surface area contributed by atoms with Crippen molar-refractivity contribution in [3.05, 3.63) is 52.2 Å². The highest BCUT2D eigenvalue weighted by molar-refractivity contribution is 7.10. The van der Waals surface area contributed by atoms with Crippen LogP contribution in [0.15, 0.2) is 41.8 Å². The van der Waals surface area contributed by atoms with Gasteiger partial charge >= 0.3 is 35.8 Å². The third kappa shape index (κ3) is 16.9. The summed E-state index contributed by atoms with van der Waals surface area (Å²) < 4.78 is 0. The molecule has 0 spiro atoms. The van der Waals surface area contributed by atoms with Crippen LogP contribution in [0.25, 0.3) is 0 Å². The molecule has 1 unspecified atom stereocenters. The van der Waals surface area contributed by atoms with Crippen molar-refractivity contribution in [3.63, 3.8) is 0 Å². The first kappa shape index (κ1) is 36.4. The van der Waals surface area contributed by atoms with Crippen molar-refractivity contribution in [3.8, 4) is 5.75 Å². The molecule has 41 heavy (non-hydrogen) atoms. The Morgan fingerprint density at radius 1 is 0.756 bits per heavy atom. The lowest BCUT2D eigenvalue weighted by Crippen LogP contribution is -2.47. The number of nitrogens with one attached hydrogen (secondary N) is 1. The zero-order chi connectivity index (χ0) is 31.5. The average molecular weight is 602 g/mol. The molecule has 2 heterocycles. The Bertz CT molecular complexity index is 1040. The number of rotatable bonds is 6. The van der Waals surface area contributed by atoms with Crippen LogP contribution in [0.2, 0.25) is 0 Å². The highest BCUT2D eigenvalue weighted by atomic mass is 32.1. The van der Waals surface area contributed by atoms with Crippen LogP contribution in [0.3, 0.4) is 0 Å². The number of carboxylic acids is 6. The molecule has 1 saturated heterocycles. The van der Waals surface area contributed by atoms with Crippen molar-refractivity contribution < 1.29 is 64.5 Å². The molecule has 2 aromatic rings. The van der Waals surface area contributed by atoms with Gasteiger partial charge in [0, 0.05) is 44.1 Å². The number of aromatic hydroxyl groups is 1. The van der Waals surface area contributed by atoms with Crippen molar-refractivity contribution in [2.75, 3.05) is 39.8 Å². The van der Waals surface area contributed by atoms with Gasteiger partial charge in [-0.3, -0.25) is 4.90 Å². The number of carbonyl (C=O) groups is 6. The zero-order valence-corrected chi connectivity index (χ0v) is 22.6. The summed E-state index contributed by atoms with van der Waals surface area (Å²) in [6.07, 6.45) is 0. The molecule has 17 heteroatoms. The average Bonchev–Trinajstić information content (AvgIpc) is 3.44. The topological polar surface area (TPSA) is 263 Å². The number of carboxylic acid groups (broad SMARTS) is 6. The van der Waals surface area contributed by atoms with Gasteiger partial charge in [0.15, 0.2) is 0 Å². The third-order valence-electron chi connectivity index (χ3n) is 5.00. The Hall–Kier alpha value is -4.58. The number of hydrogen-bond donors (Lipinski definition) is 8. The molecule has 0 radical (unpaired) electrons. The van der Waals surface area contributed by atoms with Crippen LogP contribution < -0.4 is 5.32 Å². The fourth-order valence-electron chi connectivity index (χ4n) is 2.99. The van der Waals surface area contributed by atoms with Gasteiger partial charge < -0.3 is 46.0 Å². The second kappa shape index (κ2) is 19.5. The lowest BCUT2D eigenvalue weighted by Gasteiger charge is -2.37. The lowest BCUT2D eigenvalue weighted by atomic mass is 10.1. The van der Waals surface area contributed by atoms with Gasteiger partial charge in [-0.25, -0.2) is 28.8 Å². The molecule has 1 atom stereocenters. The molecule has 1 aliphatic rings. The fraction of sp³-hybridized carbons (Fsp3) is 0.333. The van der Waals surface area contributed by atoms with Crippen molar-refractivity contribution in [1.29, 1.82) is 0 Å². The minimum absolute atomic E-state index is 0.322. The van der Waals surface area contributed by atoms with Gasteiger partial charge in [0.05, 0.1) is 6.04 Å². The predicted octanol–water partition coefficient (Wildman–Crippen LogP) is -0.00120. The molecular weight excluding hydrogens is 570 g/mol. The standard InChI is InChI=1S/C18H25N3OS.3C2H2O4/c1-20-8-10-21(11-9-20)17(18-3-2-12-23-18)14-19-13-15-4-6-16(22)7-5-15;3*3-1(4)2(5)6/h2-7,12,17,19,22H,8-11,13-14H2,1H3;3*(H,3,4)(H,5,6). The van der Waals surface area contributed by atoms with Crippen LogP contribution >= 0.6 is 11.3 Å². The first-order valence-electron chi connectivity index (χ1n) is 11.5. The van der Waals surface area contributed by atoms with Crippen LogP contribution in [-0.4, -0.2) is 121 Å². The quantitative estimate of drug-likeness (QED) is 0.202. The summed E-state index contributed by atoms with van der Waals surface area (Å²) in [5.74, 6) is -10.6. The van der Waals surface area contributed by atoms with Crippen molar-refractivity contribution in [1.82, 2.24) is 15.1 Å². The van der Waals surface area contributed by atoms with Crippen molar-refractivity contribution >= 4 is 47.2 Å². The van der Waals surface area contributed by atoms with Crippen molar-refractivity contribution in [2.45, 2.75) is 12.6 Å². The fourth-order valence-corrected chi connectivity index (χ4v) is 3.85. The molecule has 226 valence electrons. The summed E-state index contributed by atoms with van der Waals surface area (Å²) >= 11 is 1.85. The van der Waals surface area contributed by atoms with Gasteiger partial charge in [-0.15, -0.1) is 11.3 Å². The molecular formula is C24H31N3O13S. The number of phenolic OH excluding ortho intramolecular Hbond substituents is 1. The number of nitrogens with zero attached hydrogens (tertiary/aromatic N) is 2. The van der Waals surface area contributed by atoms with Gasteiger partial charge in [-0.1, -0.05) is 18.2 Å². The number of phenols is 1. The minimum Gasteiger partial charge on any atom is -0.508 e. The van der Waals surface area contributed by atoms with Crippen LogP contribution in [0.1, 0.15) is 16.5 Å². The predicted molar refractivity (Wildman–Crippen MR) is 142 cm³/mol. The summed E-state index contributed by atoms with van der Waals surface area (Å²) in [5, 5.41) is 59.5. The largest absolute Gasteiger partial charge is 0.508 e. The number of likely N-dealkylation sites (N-methyl/N-ethyl adjacent to an activating group) is 1. The van der Waals surface area contributed by atoms with Crippen LogP contribution in [-0.2, 0) is 35.3 Å². The Morgan fingerprint density at radius 3 is 1.56 bits per heavy atom. The number of thiophene rings is 1. The number of hydrogen-bond acceptors (Lipinski definition) is 11. The summed E-state index contributed by atoms with van der Waals surface area (Å²) in [6.45, 7) is 6.31. The van der Waals surface area contributed by atoms with E-state index in [1.165, 1.54) is 10.4 Å². The Balaban J connectivity index is 0.000000727. The molecule has 1 aromatic carbocycles. The molecule has 1 aromatic heterocycles. The Labute approximate surface area is 237 Å². The maximum atomic E-state index is 9.36. The molecule has 3 rings (SSSR count). The molecule has 0 bridgehead atoms. The highest BCUT2D eigenvalue weighted by Crippen LogP contribution is 2.25. The normalized spacial score (nSPS) is 13.4. The maximum Gasteiger partial charge on any atom is 0.414 e. The van der Waals surface area contributed by atoms with E-state index < -0.39 is 35.8 Å². The van der Waals surface area contributed by atoms with Gasteiger partial charge in [0.25, 0.3) is 0 Å². The van der Waals surface area contributed by atoms with E-state index in [-0.39, 0.29) is 0 Å². The summed E-state index contributed by atoms with van der Waals surface area (Å²) in [6, 6.07) is 12.3. The second-order valence-electron chi connectivity index (χ2n) is 8.00. The number of piperazine rings is 1. The summed E-state index contributed by atoms with van der Waals surface area (Å²) in [7, 11) is 2.19. The monoisotopic (exact) mass is 601 g/mol. The van der Waals surface area contributed by atoms with Crippen molar-refractivity contribution in [2.24, 2.45) is 0 Å². The number of benzene rings is 1. The summed E-state index contributed by atoms with van der Waals surface area (Å²) in [5.41, 5.74) is 1.20. The van der Waals surface area contributed by atoms with Gasteiger partial charge in [-0.2, -0.15) is 0 Å². The van der Waals surface area contributed by atoms with Crippen LogP contribution in [0, 0.1) is 0 Å². The SMILES string of the molecule is CN1CCN(C(CNCc2ccc(O)cc2)c2cccs2)CC1.O=C(O)C(=O)O.O=C(O)C(=O)O.O=C(O)C(=O)O. The molecule has 0 aliphatic carbocycles. The van der Waals surface area contributed by atoms with E-state index in [9.17, 15) is 5.11 Å². The third-order valence-corrected chi connectivity index (χ3v) is 5.98.